The number of halogens is 1. The Balaban J connectivity index is 1.92. The number of benzene rings is 1. The maximum atomic E-state index is 14.1. The van der Waals surface area contributed by atoms with Gasteiger partial charge in [0.15, 0.2) is 0 Å². The highest BCUT2D eigenvalue weighted by atomic mass is 19.1. The highest BCUT2D eigenvalue weighted by Crippen LogP contribution is 2.35. The lowest BCUT2D eigenvalue weighted by molar-refractivity contribution is -0.0815. The van der Waals surface area contributed by atoms with E-state index in [0.717, 1.165) is 6.42 Å². The summed E-state index contributed by atoms with van der Waals surface area (Å²) in [6.45, 7) is 1.38. The molecular formula is C17H20FN3O3. The second kappa shape index (κ2) is 6.70. The number of hydrogen-bond donors (Lipinski definition) is 1. The number of carbonyl (C=O) groups excluding carboxylic acids is 1. The van der Waals surface area contributed by atoms with E-state index >= 15 is 0 Å². The first-order chi connectivity index (χ1) is 11.6. The van der Waals surface area contributed by atoms with Gasteiger partial charge in [-0.3, -0.25) is 9.89 Å². The molecule has 2 aromatic rings. The number of likely N-dealkylation sites (tertiary alicyclic amines) is 1. The molecule has 24 heavy (non-hydrogen) atoms. The van der Waals surface area contributed by atoms with Gasteiger partial charge < -0.3 is 14.4 Å². The highest BCUT2D eigenvalue weighted by Gasteiger charge is 2.48. The van der Waals surface area contributed by atoms with E-state index in [-0.39, 0.29) is 5.91 Å². The molecule has 1 aromatic heterocycles. The smallest absolute Gasteiger partial charge is 0.258 e. The van der Waals surface area contributed by atoms with Crippen LogP contribution in [0.1, 0.15) is 16.8 Å². The number of aromatic amines is 1. The Morgan fingerprint density at radius 3 is 2.62 bits per heavy atom. The minimum absolute atomic E-state index is 0.206. The maximum absolute atomic E-state index is 14.1. The molecule has 0 spiro atoms. The van der Waals surface area contributed by atoms with E-state index < -0.39 is 11.4 Å². The van der Waals surface area contributed by atoms with E-state index in [0.29, 0.717) is 36.6 Å². The average Bonchev–Trinajstić information content (AvgIpc) is 3.03. The number of H-pyrrole nitrogens is 1. The first-order valence-electron chi connectivity index (χ1n) is 7.71. The van der Waals surface area contributed by atoms with Gasteiger partial charge in [-0.05, 0) is 18.6 Å². The first-order valence-corrected chi connectivity index (χ1v) is 7.71. The number of ether oxygens (including phenoxy) is 2. The minimum atomic E-state index is -0.482. The predicted octanol–water partition coefficient (Wildman–Crippen LogP) is 2.09. The summed E-state index contributed by atoms with van der Waals surface area (Å²) in [5.41, 5.74) is 0.567. The van der Waals surface area contributed by atoms with Crippen LogP contribution in [0.25, 0.3) is 11.3 Å². The Labute approximate surface area is 139 Å². The lowest BCUT2D eigenvalue weighted by Gasteiger charge is -2.51. The van der Waals surface area contributed by atoms with Crippen molar-refractivity contribution in [3.63, 3.8) is 0 Å². The summed E-state index contributed by atoms with van der Waals surface area (Å²) >= 11 is 0. The molecule has 2 heterocycles. The molecule has 1 saturated heterocycles. The summed E-state index contributed by atoms with van der Waals surface area (Å²) in [6, 6.07) is 6.30. The Bertz CT molecular complexity index is 725. The number of amides is 1. The number of rotatable bonds is 6. The minimum Gasteiger partial charge on any atom is -0.382 e. The van der Waals surface area contributed by atoms with Crippen molar-refractivity contribution in [2.45, 2.75) is 12.0 Å². The summed E-state index contributed by atoms with van der Waals surface area (Å²) in [7, 11) is 3.20. The van der Waals surface area contributed by atoms with Crippen LogP contribution in [0, 0.1) is 5.82 Å². The van der Waals surface area contributed by atoms with Gasteiger partial charge in [-0.2, -0.15) is 5.10 Å². The molecule has 0 unspecified atom stereocenters. The van der Waals surface area contributed by atoms with E-state index in [1.54, 1.807) is 37.3 Å². The molecule has 1 aliphatic rings. The second-order valence-corrected chi connectivity index (χ2v) is 5.94. The molecule has 1 amide bonds. The third-order valence-electron chi connectivity index (χ3n) is 4.46. The molecule has 128 valence electrons. The zero-order valence-electron chi connectivity index (χ0n) is 13.7. The van der Waals surface area contributed by atoms with Gasteiger partial charge in [-0.15, -0.1) is 0 Å². The molecule has 1 aliphatic heterocycles. The molecule has 1 N–H and O–H groups in total. The SMILES string of the molecule is COCC1(COC)CCN1C(=O)c1cn[nH]c1-c1ccccc1F. The summed E-state index contributed by atoms with van der Waals surface area (Å²) in [5.74, 6) is -0.609. The molecule has 7 heteroatoms. The Hall–Kier alpha value is -2.25. The van der Waals surface area contributed by atoms with Crippen molar-refractivity contribution in [3.8, 4) is 11.3 Å². The fraction of sp³-hybridized carbons (Fsp3) is 0.412. The number of nitrogens with one attached hydrogen (secondary N) is 1. The van der Waals surface area contributed by atoms with Crippen LogP contribution in [-0.4, -0.2) is 60.5 Å². The topological polar surface area (TPSA) is 67.5 Å². The van der Waals surface area contributed by atoms with E-state index in [4.69, 9.17) is 9.47 Å². The lowest BCUT2D eigenvalue weighted by atomic mass is 9.85. The van der Waals surface area contributed by atoms with E-state index in [1.165, 1.54) is 12.3 Å². The molecule has 0 aliphatic carbocycles. The van der Waals surface area contributed by atoms with Crippen LogP contribution < -0.4 is 0 Å². The lowest BCUT2D eigenvalue weighted by Crippen LogP contribution is -2.66. The van der Waals surface area contributed by atoms with E-state index in [9.17, 15) is 9.18 Å². The van der Waals surface area contributed by atoms with Crippen molar-refractivity contribution in [1.29, 1.82) is 0 Å². The summed E-state index contributed by atoms with van der Waals surface area (Å²) < 4.78 is 24.6. The number of methoxy groups -OCH3 is 2. The number of carbonyl (C=O) groups is 1. The second-order valence-electron chi connectivity index (χ2n) is 5.94. The van der Waals surface area contributed by atoms with E-state index in [2.05, 4.69) is 10.2 Å². The van der Waals surface area contributed by atoms with Crippen molar-refractivity contribution in [2.24, 2.45) is 0 Å². The molecule has 1 aromatic carbocycles. The molecule has 0 radical (unpaired) electrons. The number of hydrogen-bond acceptors (Lipinski definition) is 4. The van der Waals surface area contributed by atoms with Crippen LogP contribution in [0.3, 0.4) is 0 Å². The van der Waals surface area contributed by atoms with Gasteiger partial charge in [0.25, 0.3) is 5.91 Å². The zero-order chi connectivity index (χ0) is 17.2. The van der Waals surface area contributed by atoms with Gasteiger partial charge in [0.1, 0.15) is 5.82 Å². The van der Waals surface area contributed by atoms with Crippen LogP contribution in [0.5, 0.6) is 0 Å². The van der Waals surface area contributed by atoms with Crippen molar-refractivity contribution in [3.05, 3.63) is 41.8 Å². The number of aromatic nitrogens is 2. The molecule has 0 saturated carbocycles. The summed E-state index contributed by atoms with van der Waals surface area (Å²) in [6.07, 6.45) is 2.24. The molecule has 1 fully saturated rings. The van der Waals surface area contributed by atoms with Crippen molar-refractivity contribution < 1.29 is 18.7 Å². The van der Waals surface area contributed by atoms with Crippen molar-refractivity contribution in [2.75, 3.05) is 34.0 Å². The molecule has 0 bridgehead atoms. The summed E-state index contributed by atoms with van der Waals surface area (Å²) in [4.78, 5) is 14.7. The quantitative estimate of drug-likeness (QED) is 0.879. The fourth-order valence-corrected chi connectivity index (χ4v) is 3.20. The predicted molar refractivity (Wildman–Crippen MR) is 86.1 cm³/mol. The Morgan fingerprint density at radius 2 is 2.04 bits per heavy atom. The number of nitrogens with zero attached hydrogens (tertiary/aromatic N) is 2. The largest absolute Gasteiger partial charge is 0.382 e. The van der Waals surface area contributed by atoms with Crippen LogP contribution in [0.2, 0.25) is 0 Å². The molecule has 6 nitrogen and oxygen atoms in total. The zero-order valence-corrected chi connectivity index (χ0v) is 13.7. The fourth-order valence-electron chi connectivity index (χ4n) is 3.20. The molecule has 3 rings (SSSR count). The van der Waals surface area contributed by atoms with Gasteiger partial charge in [-0.25, -0.2) is 4.39 Å². The molecular weight excluding hydrogens is 313 g/mol. The first kappa shape index (κ1) is 16.6. The third kappa shape index (κ3) is 2.70. The summed E-state index contributed by atoms with van der Waals surface area (Å²) in [5, 5.41) is 6.68. The monoisotopic (exact) mass is 333 g/mol. The van der Waals surface area contributed by atoms with E-state index in [1.807, 2.05) is 0 Å². The normalized spacial score (nSPS) is 16.0. The van der Waals surface area contributed by atoms with Gasteiger partial charge in [0, 0.05) is 26.3 Å². The van der Waals surface area contributed by atoms with Crippen molar-refractivity contribution in [1.82, 2.24) is 15.1 Å². The standard InChI is InChI=1S/C17H20FN3O3/c1-23-10-17(11-24-2)7-8-21(17)16(22)13-9-19-20-15(13)12-5-3-4-6-14(12)18/h3-6,9H,7-8,10-11H2,1-2H3,(H,19,20). The maximum Gasteiger partial charge on any atom is 0.258 e. The Kier molecular flexibility index (Phi) is 4.64. The Morgan fingerprint density at radius 1 is 1.33 bits per heavy atom. The van der Waals surface area contributed by atoms with Gasteiger partial charge in [0.05, 0.1) is 36.2 Å². The van der Waals surface area contributed by atoms with Crippen molar-refractivity contribution >= 4 is 5.91 Å². The van der Waals surface area contributed by atoms with Crippen LogP contribution in [-0.2, 0) is 9.47 Å². The van der Waals surface area contributed by atoms with Crippen LogP contribution in [0.4, 0.5) is 4.39 Å². The molecule has 0 atom stereocenters. The third-order valence-corrected chi connectivity index (χ3v) is 4.46. The highest BCUT2D eigenvalue weighted by molar-refractivity contribution is 6.00. The van der Waals surface area contributed by atoms with Crippen LogP contribution >= 0.6 is 0 Å². The average molecular weight is 333 g/mol. The van der Waals surface area contributed by atoms with Crippen LogP contribution in [0.15, 0.2) is 30.5 Å². The van der Waals surface area contributed by atoms with Gasteiger partial charge >= 0.3 is 0 Å². The van der Waals surface area contributed by atoms with Gasteiger partial charge in [0.2, 0.25) is 0 Å². The van der Waals surface area contributed by atoms with Gasteiger partial charge in [-0.1, -0.05) is 12.1 Å².